The van der Waals surface area contributed by atoms with E-state index < -0.39 is 0 Å². The summed E-state index contributed by atoms with van der Waals surface area (Å²) in [6.07, 6.45) is 4.27. The van der Waals surface area contributed by atoms with Gasteiger partial charge < -0.3 is 14.5 Å². The van der Waals surface area contributed by atoms with Crippen molar-refractivity contribution in [2.75, 3.05) is 32.8 Å². The van der Waals surface area contributed by atoms with Crippen molar-refractivity contribution in [3.8, 4) is 11.3 Å². The van der Waals surface area contributed by atoms with Gasteiger partial charge in [-0.2, -0.15) is 0 Å². The quantitative estimate of drug-likeness (QED) is 0.803. The Bertz CT molecular complexity index is 742. The number of hydrogen-bond donors (Lipinski definition) is 0. The van der Waals surface area contributed by atoms with Crippen LogP contribution in [0.2, 0.25) is 0 Å². The van der Waals surface area contributed by atoms with Crippen LogP contribution in [0.4, 0.5) is 4.79 Å². The maximum atomic E-state index is 12.4. The van der Waals surface area contributed by atoms with Crippen LogP contribution in [0.5, 0.6) is 0 Å². The van der Waals surface area contributed by atoms with Crippen LogP contribution in [0.3, 0.4) is 0 Å². The molecule has 2 amide bonds. The van der Waals surface area contributed by atoms with Gasteiger partial charge in [0.1, 0.15) is 0 Å². The molecule has 0 unspecified atom stereocenters. The number of carbonyl (C=O) groups excluding carboxylic acids is 2. The molecule has 3 rings (SSSR count). The number of pyridine rings is 1. The van der Waals surface area contributed by atoms with Crippen LogP contribution < -0.4 is 0 Å². The highest BCUT2D eigenvalue weighted by atomic mass is 32.1. The summed E-state index contributed by atoms with van der Waals surface area (Å²) in [7, 11) is 0. The van der Waals surface area contributed by atoms with Crippen molar-refractivity contribution in [2.45, 2.75) is 19.8 Å². The Morgan fingerprint density at radius 2 is 2.00 bits per heavy atom. The highest BCUT2D eigenvalue weighted by Crippen LogP contribution is 2.22. The van der Waals surface area contributed by atoms with Gasteiger partial charge in [0.2, 0.25) is 5.91 Å². The Balaban J connectivity index is 1.46. The van der Waals surface area contributed by atoms with Crippen LogP contribution in [0.15, 0.2) is 29.9 Å². The number of piperazine rings is 1. The van der Waals surface area contributed by atoms with Gasteiger partial charge in [0.05, 0.1) is 17.3 Å². The summed E-state index contributed by atoms with van der Waals surface area (Å²) in [6, 6.07) is 3.85. The largest absolute Gasteiger partial charge is 0.450 e. The molecule has 26 heavy (non-hydrogen) atoms. The highest BCUT2D eigenvalue weighted by Gasteiger charge is 2.24. The first-order chi connectivity index (χ1) is 12.7. The molecule has 1 aliphatic rings. The molecule has 3 heterocycles. The molecule has 7 nitrogen and oxygen atoms in total. The standard InChI is InChI=1S/C18H22N4O3S/c1-2-25-18(24)22-10-8-21(9-11-22)17(23)6-5-16-20-15(13-26-16)14-4-3-7-19-12-14/h3-4,7,12-13H,2,5-6,8-11H2,1H3. The molecule has 0 saturated carbocycles. The lowest BCUT2D eigenvalue weighted by molar-refractivity contribution is -0.132. The van der Waals surface area contributed by atoms with Gasteiger partial charge in [-0.15, -0.1) is 11.3 Å². The summed E-state index contributed by atoms with van der Waals surface area (Å²) in [6.45, 7) is 4.30. The number of carbonyl (C=O) groups is 2. The average molecular weight is 374 g/mol. The van der Waals surface area contributed by atoms with E-state index in [2.05, 4.69) is 9.97 Å². The monoisotopic (exact) mass is 374 g/mol. The molecule has 0 aliphatic carbocycles. The molecule has 0 bridgehead atoms. The molecule has 1 fully saturated rings. The number of nitrogens with zero attached hydrogens (tertiary/aromatic N) is 4. The van der Waals surface area contributed by atoms with Crippen LogP contribution in [0.25, 0.3) is 11.3 Å². The number of aryl methyl sites for hydroxylation is 1. The van der Waals surface area contributed by atoms with Crippen molar-refractivity contribution >= 4 is 23.3 Å². The van der Waals surface area contributed by atoms with E-state index in [1.165, 1.54) is 0 Å². The van der Waals surface area contributed by atoms with E-state index in [-0.39, 0.29) is 12.0 Å². The van der Waals surface area contributed by atoms with E-state index in [0.717, 1.165) is 16.3 Å². The summed E-state index contributed by atoms with van der Waals surface area (Å²) in [5.41, 5.74) is 1.88. The average Bonchev–Trinajstić information content (AvgIpc) is 3.16. The van der Waals surface area contributed by atoms with Gasteiger partial charge in [0, 0.05) is 62.4 Å². The number of rotatable bonds is 5. The fourth-order valence-corrected chi connectivity index (χ4v) is 3.61. The molecular formula is C18H22N4O3S. The normalized spacial score (nSPS) is 14.3. The van der Waals surface area contributed by atoms with Crippen molar-refractivity contribution in [1.82, 2.24) is 19.8 Å². The van der Waals surface area contributed by atoms with Crippen molar-refractivity contribution in [3.05, 3.63) is 34.9 Å². The summed E-state index contributed by atoms with van der Waals surface area (Å²) in [4.78, 5) is 36.3. The lowest BCUT2D eigenvalue weighted by Crippen LogP contribution is -2.50. The number of thiazole rings is 1. The summed E-state index contributed by atoms with van der Waals surface area (Å²) in [5, 5.41) is 2.94. The Morgan fingerprint density at radius 3 is 2.69 bits per heavy atom. The van der Waals surface area contributed by atoms with Crippen molar-refractivity contribution < 1.29 is 14.3 Å². The van der Waals surface area contributed by atoms with Gasteiger partial charge in [0.15, 0.2) is 0 Å². The maximum absolute atomic E-state index is 12.4. The molecule has 0 radical (unpaired) electrons. The molecule has 0 spiro atoms. The lowest BCUT2D eigenvalue weighted by Gasteiger charge is -2.34. The third-order valence-electron chi connectivity index (χ3n) is 4.22. The van der Waals surface area contributed by atoms with Gasteiger partial charge in [-0.1, -0.05) is 0 Å². The zero-order valence-electron chi connectivity index (χ0n) is 14.8. The molecule has 8 heteroatoms. The van der Waals surface area contributed by atoms with Crippen LogP contribution in [0.1, 0.15) is 18.4 Å². The van der Waals surface area contributed by atoms with Gasteiger partial charge in [-0.05, 0) is 19.1 Å². The van der Waals surface area contributed by atoms with Crippen LogP contribution in [-0.4, -0.2) is 64.6 Å². The smallest absolute Gasteiger partial charge is 0.409 e. The third kappa shape index (κ3) is 4.57. The second-order valence-electron chi connectivity index (χ2n) is 5.93. The molecule has 0 aromatic carbocycles. The van der Waals surface area contributed by atoms with Crippen LogP contribution in [-0.2, 0) is 16.0 Å². The minimum Gasteiger partial charge on any atom is -0.450 e. The van der Waals surface area contributed by atoms with Gasteiger partial charge >= 0.3 is 6.09 Å². The lowest BCUT2D eigenvalue weighted by atomic mass is 10.2. The SMILES string of the molecule is CCOC(=O)N1CCN(C(=O)CCc2nc(-c3cccnc3)cs2)CC1. The molecule has 0 atom stereocenters. The van der Waals surface area contributed by atoms with Gasteiger partial charge in [-0.25, -0.2) is 9.78 Å². The zero-order chi connectivity index (χ0) is 18.4. The van der Waals surface area contributed by atoms with Gasteiger partial charge in [0.25, 0.3) is 0 Å². The molecule has 138 valence electrons. The molecule has 1 aliphatic heterocycles. The number of aromatic nitrogens is 2. The Morgan fingerprint density at radius 1 is 1.23 bits per heavy atom. The Kier molecular flexibility index (Phi) is 6.17. The first-order valence-electron chi connectivity index (χ1n) is 8.71. The molecular weight excluding hydrogens is 352 g/mol. The van der Waals surface area contributed by atoms with Gasteiger partial charge in [-0.3, -0.25) is 9.78 Å². The second-order valence-corrected chi connectivity index (χ2v) is 6.88. The summed E-state index contributed by atoms with van der Waals surface area (Å²) in [5.74, 6) is 0.103. The Labute approximate surface area is 156 Å². The predicted molar refractivity (Wildman–Crippen MR) is 98.8 cm³/mol. The maximum Gasteiger partial charge on any atom is 0.409 e. The number of amides is 2. The highest BCUT2D eigenvalue weighted by molar-refractivity contribution is 7.09. The first kappa shape index (κ1) is 18.3. The molecule has 1 saturated heterocycles. The first-order valence-corrected chi connectivity index (χ1v) is 9.59. The summed E-state index contributed by atoms with van der Waals surface area (Å²) < 4.78 is 4.99. The summed E-state index contributed by atoms with van der Waals surface area (Å²) >= 11 is 1.56. The van der Waals surface area contributed by atoms with E-state index in [9.17, 15) is 9.59 Å². The van der Waals surface area contributed by atoms with E-state index in [1.54, 1.807) is 35.6 Å². The van der Waals surface area contributed by atoms with Crippen molar-refractivity contribution in [1.29, 1.82) is 0 Å². The van der Waals surface area contributed by atoms with E-state index in [1.807, 2.05) is 22.4 Å². The Hall–Kier alpha value is -2.48. The minimum absolute atomic E-state index is 0.103. The third-order valence-corrected chi connectivity index (χ3v) is 5.13. The minimum atomic E-state index is -0.301. The van der Waals surface area contributed by atoms with E-state index in [4.69, 9.17) is 4.74 Å². The zero-order valence-corrected chi connectivity index (χ0v) is 15.6. The number of hydrogen-bond acceptors (Lipinski definition) is 6. The molecule has 2 aromatic heterocycles. The molecule has 0 N–H and O–H groups in total. The molecule has 2 aromatic rings. The number of ether oxygens (including phenoxy) is 1. The fourth-order valence-electron chi connectivity index (χ4n) is 2.80. The van der Waals surface area contributed by atoms with Crippen LogP contribution >= 0.6 is 11.3 Å². The van der Waals surface area contributed by atoms with Crippen molar-refractivity contribution in [3.63, 3.8) is 0 Å². The van der Waals surface area contributed by atoms with Crippen molar-refractivity contribution in [2.24, 2.45) is 0 Å². The second kappa shape index (κ2) is 8.75. The van der Waals surface area contributed by atoms with Crippen LogP contribution in [0, 0.1) is 0 Å². The van der Waals surface area contributed by atoms with E-state index >= 15 is 0 Å². The topological polar surface area (TPSA) is 75.6 Å². The fraction of sp³-hybridized carbons (Fsp3) is 0.444. The predicted octanol–water partition coefficient (Wildman–Crippen LogP) is 2.44. The van der Waals surface area contributed by atoms with E-state index in [0.29, 0.717) is 45.6 Å².